The van der Waals surface area contributed by atoms with Crippen LogP contribution in [0.15, 0.2) is 48.8 Å². The molecule has 0 saturated heterocycles. The maximum absolute atomic E-state index is 13.4. The molecule has 1 aliphatic heterocycles. The summed E-state index contributed by atoms with van der Waals surface area (Å²) in [6, 6.07) is 11.6. The van der Waals surface area contributed by atoms with Crippen LogP contribution in [-0.2, 0) is 4.79 Å². The molecule has 0 aliphatic carbocycles. The number of carbonyl (C=O) groups is 1. The van der Waals surface area contributed by atoms with Crippen LogP contribution in [0.25, 0.3) is 0 Å². The third kappa shape index (κ3) is 3.38. The highest BCUT2D eigenvalue weighted by Gasteiger charge is 2.41. The van der Waals surface area contributed by atoms with E-state index in [1.54, 1.807) is 42.1 Å². The molecule has 1 aromatic heterocycles. The first-order valence-corrected chi connectivity index (χ1v) is 9.50. The van der Waals surface area contributed by atoms with Crippen molar-refractivity contribution in [2.75, 3.05) is 24.9 Å². The normalized spacial score (nSPS) is 20.0. The molecule has 2 heterocycles. The number of benzene rings is 2. The maximum atomic E-state index is 13.4. The van der Waals surface area contributed by atoms with Gasteiger partial charge in [0.1, 0.15) is 12.1 Å². The first-order chi connectivity index (χ1) is 14.5. The van der Waals surface area contributed by atoms with Crippen molar-refractivity contribution in [3.05, 3.63) is 54.4 Å². The molecule has 4 rings (SSSR count). The Kier molecular flexibility index (Phi) is 5.18. The molecule has 0 fully saturated rings. The van der Waals surface area contributed by atoms with Gasteiger partial charge in [-0.25, -0.2) is 4.68 Å². The molecule has 3 aromatic rings. The standard InChI is InChI=1S/C21H23N5O4/c1-12-18(20(28)25-14-6-4-5-7-16(14)29-2)19(26-21(24-12)22-11-23-26)13-8-9-15(27)17(10-13)30-3/h4-12,18-19,27H,1-3H3,(H,25,28)(H,22,23,24). The molecule has 9 nitrogen and oxygen atoms in total. The molecule has 9 heteroatoms. The lowest BCUT2D eigenvalue weighted by molar-refractivity contribution is -0.121. The number of anilines is 2. The number of carbonyl (C=O) groups excluding carboxylic acids is 1. The fourth-order valence-corrected chi connectivity index (χ4v) is 3.84. The van der Waals surface area contributed by atoms with Gasteiger partial charge in [-0.05, 0) is 36.8 Å². The first-order valence-electron chi connectivity index (χ1n) is 9.50. The molecule has 156 valence electrons. The van der Waals surface area contributed by atoms with Gasteiger partial charge in [0.15, 0.2) is 11.5 Å². The summed E-state index contributed by atoms with van der Waals surface area (Å²) in [5, 5.41) is 20.6. The highest BCUT2D eigenvalue weighted by atomic mass is 16.5. The topological polar surface area (TPSA) is 111 Å². The van der Waals surface area contributed by atoms with Gasteiger partial charge in [0, 0.05) is 6.04 Å². The largest absolute Gasteiger partial charge is 0.504 e. The van der Waals surface area contributed by atoms with Crippen LogP contribution in [0.1, 0.15) is 18.5 Å². The lowest BCUT2D eigenvalue weighted by Crippen LogP contribution is -2.46. The summed E-state index contributed by atoms with van der Waals surface area (Å²) < 4.78 is 12.3. The summed E-state index contributed by atoms with van der Waals surface area (Å²) in [5.41, 5.74) is 1.36. The Morgan fingerprint density at radius 1 is 1.17 bits per heavy atom. The van der Waals surface area contributed by atoms with Crippen LogP contribution in [0.4, 0.5) is 11.6 Å². The van der Waals surface area contributed by atoms with Crippen molar-refractivity contribution in [3.63, 3.8) is 0 Å². The Balaban J connectivity index is 1.75. The molecule has 2 aromatic carbocycles. The molecule has 3 atom stereocenters. The molecule has 0 bridgehead atoms. The van der Waals surface area contributed by atoms with E-state index in [9.17, 15) is 9.90 Å². The fourth-order valence-electron chi connectivity index (χ4n) is 3.84. The van der Waals surface area contributed by atoms with E-state index in [2.05, 4.69) is 20.7 Å². The van der Waals surface area contributed by atoms with E-state index in [-0.39, 0.29) is 17.7 Å². The number of phenolic OH excluding ortho intramolecular Hbond substituents is 1. The lowest BCUT2D eigenvalue weighted by Gasteiger charge is -2.37. The first kappa shape index (κ1) is 19.6. The molecular formula is C21H23N5O4. The SMILES string of the molecule is COc1cc(C2C(C(=O)Nc3ccccc3OC)C(C)Nc3ncnn32)ccc1O. The minimum atomic E-state index is -0.529. The number of aromatic hydroxyl groups is 1. The number of nitrogens with one attached hydrogen (secondary N) is 2. The minimum Gasteiger partial charge on any atom is -0.504 e. The second kappa shape index (κ2) is 7.94. The molecular weight excluding hydrogens is 386 g/mol. The van der Waals surface area contributed by atoms with E-state index < -0.39 is 12.0 Å². The lowest BCUT2D eigenvalue weighted by atomic mass is 9.85. The summed E-state index contributed by atoms with van der Waals surface area (Å²) >= 11 is 0. The number of hydrogen-bond acceptors (Lipinski definition) is 7. The van der Waals surface area contributed by atoms with Crippen LogP contribution in [-0.4, -0.2) is 46.0 Å². The van der Waals surface area contributed by atoms with E-state index in [1.165, 1.54) is 13.4 Å². The Bertz CT molecular complexity index is 1070. The molecule has 1 aliphatic rings. The van der Waals surface area contributed by atoms with Gasteiger partial charge < -0.3 is 25.2 Å². The highest BCUT2D eigenvalue weighted by molar-refractivity contribution is 5.95. The van der Waals surface area contributed by atoms with Gasteiger partial charge >= 0.3 is 0 Å². The summed E-state index contributed by atoms with van der Waals surface area (Å²) in [5.74, 6) is 0.768. The Morgan fingerprint density at radius 3 is 2.70 bits per heavy atom. The summed E-state index contributed by atoms with van der Waals surface area (Å²) in [6.45, 7) is 1.93. The highest BCUT2D eigenvalue weighted by Crippen LogP contribution is 2.39. The monoisotopic (exact) mass is 409 g/mol. The van der Waals surface area contributed by atoms with Crippen LogP contribution in [0.3, 0.4) is 0 Å². The molecule has 0 radical (unpaired) electrons. The summed E-state index contributed by atoms with van der Waals surface area (Å²) in [6.07, 6.45) is 1.44. The number of fused-ring (bicyclic) bond motifs is 1. The van der Waals surface area contributed by atoms with Crippen LogP contribution in [0.5, 0.6) is 17.2 Å². The van der Waals surface area contributed by atoms with Crippen LogP contribution in [0.2, 0.25) is 0 Å². The second-order valence-corrected chi connectivity index (χ2v) is 7.05. The Labute approximate surface area is 173 Å². The average Bonchev–Trinajstić information content (AvgIpc) is 3.21. The predicted molar refractivity (Wildman–Crippen MR) is 111 cm³/mol. The van der Waals surface area contributed by atoms with E-state index >= 15 is 0 Å². The van der Waals surface area contributed by atoms with E-state index in [4.69, 9.17) is 9.47 Å². The second-order valence-electron chi connectivity index (χ2n) is 7.05. The predicted octanol–water partition coefficient (Wildman–Crippen LogP) is 2.66. The zero-order valence-electron chi connectivity index (χ0n) is 16.9. The van der Waals surface area contributed by atoms with Gasteiger partial charge in [0.2, 0.25) is 11.9 Å². The van der Waals surface area contributed by atoms with E-state index in [1.807, 2.05) is 19.1 Å². The number of para-hydroxylation sites is 2. The fraction of sp³-hybridized carbons (Fsp3) is 0.286. The van der Waals surface area contributed by atoms with Crippen LogP contribution >= 0.6 is 0 Å². The molecule has 0 spiro atoms. The Morgan fingerprint density at radius 2 is 1.93 bits per heavy atom. The van der Waals surface area contributed by atoms with E-state index in [0.717, 1.165) is 5.56 Å². The van der Waals surface area contributed by atoms with Crippen molar-refractivity contribution in [3.8, 4) is 17.2 Å². The zero-order chi connectivity index (χ0) is 21.3. The van der Waals surface area contributed by atoms with Gasteiger partial charge in [0.05, 0.1) is 31.9 Å². The number of amides is 1. The third-order valence-corrected chi connectivity index (χ3v) is 5.29. The molecule has 30 heavy (non-hydrogen) atoms. The molecule has 0 saturated carbocycles. The van der Waals surface area contributed by atoms with Crippen molar-refractivity contribution in [1.29, 1.82) is 0 Å². The minimum absolute atomic E-state index is 0.0251. The van der Waals surface area contributed by atoms with Crippen molar-refractivity contribution < 1.29 is 19.4 Å². The zero-order valence-corrected chi connectivity index (χ0v) is 16.9. The van der Waals surface area contributed by atoms with Crippen molar-refractivity contribution in [2.24, 2.45) is 5.92 Å². The van der Waals surface area contributed by atoms with Gasteiger partial charge in [0.25, 0.3) is 0 Å². The quantitative estimate of drug-likeness (QED) is 0.594. The van der Waals surface area contributed by atoms with Gasteiger partial charge in [-0.1, -0.05) is 18.2 Å². The molecule has 1 amide bonds. The van der Waals surface area contributed by atoms with Crippen molar-refractivity contribution in [1.82, 2.24) is 14.8 Å². The number of nitrogens with zero attached hydrogens (tertiary/aromatic N) is 3. The van der Waals surface area contributed by atoms with Gasteiger partial charge in [-0.2, -0.15) is 10.1 Å². The van der Waals surface area contributed by atoms with Gasteiger partial charge in [-0.3, -0.25) is 4.79 Å². The third-order valence-electron chi connectivity index (χ3n) is 5.29. The number of rotatable bonds is 5. The number of ether oxygens (including phenoxy) is 2. The molecule has 3 unspecified atom stereocenters. The van der Waals surface area contributed by atoms with Crippen LogP contribution in [0, 0.1) is 5.92 Å². The number of phenols is 1. The van der Waals surface area contributed by atoms with Gasteiger partial charge in [-0.15, -0.1) is 0 Å². The summed E-state index contributed by atoms with van der Waals surface area (Å²) in [7, 11) is 3.04. The van der Waals surface area contributed by atoms with Crippen LogP contribution < -0.4 is 20.1 Å². The average molecular weight is 409 g/mol. The number of aromatic nitrogens is 3. The maximum Gasteiger partial charge on any atom is 0.232 e. The smallest absolute Gasteiger partial charge is 0.232 e. The van der Waals surface area contributed by atoms with Crippen molar-refractivity contribution in [2.45, 2.75) is 19.0 Å². The number of hydrogen-bond donors (Lipinski definition) is 3. The number of methoxy groups -OCH3 is 2. The molecule has 3 N–H and O–H groups in total. The van der Waals surface area contributed by atoms with E-state index in [0.29, 0.717) is 23.1 Å². The Hall–Kier alpha value is -3.75. The van der Waals surface area contributed by atoms with Crippen molar-refractivity contribution >= 4 is 17.5 Å². The summed E-state index contributed by atoms with van der Waals surface area (Å²) in [4.78, 5) is 17.7.